The lowest BCUT2D eigenvalue weighted by Gasteiger charge is -2.03. The zero-order valence-electron chi connectivity index (χ0n) is 10.3. The number of benzene rings is 1. The summed E-state index contributed by atoms with van der Waals surface area (Å²) >= 11 is 0. The third-order valence-electron chi connectivity index (χ3n) is 2.93. The summed E-state index contributed by atoms with van der Waals surface area (Å²) in [5, 5.41) is 2.89. The Morgan fingerprint density at radius 2 is 1.95 bits per heavy atom. The quantitative estimate of drug-likeness (QED) is 0.757. The number of nitrogens with one attached hydrogen (secondary N) is 2. The second kappa shape index (κ2) is 4.52. The molecule has 0 amide bonds. The average Bonchev–Trinajstić information content (AvgIpc) is 2.83. The standard InChI is InChI=1S/C13H9F3N4/c1-17-13-10(16)5-19-12(20-13)8-4-18-11-7(8)2-6(14)3-9(11)15/h2-5,18H,1H3,(H,17,19,20). The highest BCUT2D eigenvalue weighted by atomic mass is 19.1. The summed E-state index contributed by atoms with van der Waals surface area (Å²) in [7, 11) is 1.52. The van der Waals surface area contributed by atoms with Crippen LogP contribution in [-0.2, 0) is 0 Å². The van der Waals surface area contributed by atoms with E-state index in [2.05, 4.69) is 20.3 Å². The van der Waals surface area contributed by atoms with Gasteiger partial charge in [0.2, 0.25) is 0 Å². The van der Waals surface area contributed by atoms with Crippen LogP contribution in [0.5, 0.6) is 0 Å². The van der Waals surface area contributed by atoms with Crippen LogP contribution in [-0.4, -0.2) is 22.0 Å². The molecule has 3 aromatic rings. The molecule has 0 aliphatic rings. The number of aromatic nitrogens is 3. The van der Waals surface area contributed by atoms with Gasteiger partial charge < -0.3 is 10.3 Å². The molecule has 4 nitrogen and oxygen atoms in total. The second-order valence-electron chi connectivity index (χ2n) is 4.15. The van der Waals surface area contributed by atoms with E-state index in [1.54, 1.807) is 0 Å². The molecule has 7 heteroatoms. The summed E-state index contributed by atoms with van der Waals surface area (Å²) in [6, 6.07) is 1.96. The lowest BCUT2D eigenvalue weighted by atomic mass is 10.1. The fraction of sp³-hybridized carbons (Fsp3) is 0.0769. The fourth-order valence-corrected chi connectivity index (χ4v) is 2.01. The highest BCUT2D eigenvalue weighted by Gasteiger charge is 2.15. The van der Waals surface area contributed by atoms with E-state index in [0.29, 0.717) is 10.9 Å². The first-order valence-electron chi connectivity index (χ1n) is 5.77. The molecule has 0 saturated carbocycles. The van der Waals surface area contributed by atoms with Crippen LogP contribution in [0.4, 0.5) is 19.0 Å². The van der Waals surface area contributed by atoms with E-state index in [1.165, 1.54) is 19.3 Å². The van der Waals surface area contributed by atoms with Crippen molar-refractivity contribution < 1.29 is 13.2 Å². The van der Waals surface area contributed by atoms with Gasteiger partial charge in [-0.2, -0.15) is 0 Å². The van der Waals surface area contributed by atoms with Gasteiger partial charge in [0.25, 0.3) is 0 Å². The Morgan fingerprint density at radius 3 is 2.70 bits per heavy atom. The molecule has 0 aliphatic heterocycles. The van der Waals surface area contributed by atoms with Crippen molar-refractivity contribution in [2.75, 3.05) is 12.4 Å². The minimum absolute atomic E-state index is 0.0150. The summed E-state index contributed by atoms with van der Waals surface area (Å²) in [5.41, 5.74) is 0.551. The van der Waals surface area contributed by atoms with Crippen LogP contribution in [0.15, 0.2) is 24.5 Å². The number of aromatic amines is 1. The van der Waals surface area contributed by atoms with Gasteiger partial charge in [0.1, 0.15) is 11.6 Å². The molecule has 1 aromatic carbocycles. The minimum atomic E-state index is -0.706. The van der Waals surface area contributed by atoms with Crippen molar-refractivity contribution in [1.29, 1.82) is 0 Å². The van der Waals surface area contributed by atoms with Crippen molar-refractivity contribution in [3.8, 4) is 11.4 Å². The molecule has 2 heterocycles. The number of nitrogens with zero attached hydrogens (tertiary/aromatic N) is 2. The molecule has 0 unspecified atom stereocenters. The first-order valence-corrected chi connectivity index (χ1v) is 5.77. The van der Waals surface area contributed by atoms with Gasteiger partial charge in [-0.05, 0) is 6.07 Å². The first-order chi connectivity index (χ1) is 9.60. The van der Waals surface area contributed by atoms with Gasteiger partial charge in [0.15, 0.2) is 17.5 Å². The number of fused-ring (bicyclic) bond motifs is 1. The molecule has 102 valence electrons. The van der Waals surface area contributed by atoms with Gasteiger partial charge in [-0.25, -0.2) is 23.1 Å². The van der Waals surface area contributed by atoms with E-state index >= 15 is 0 Å². The molecule has 0 aliphatic carbocycles. The molecular weight excluding hydrogens is 269 g/mol. The number of halogens is 3. The lowest BCUT2D eigenvalue weighted by Crippen LogP contribution is -1.99. The van der Waals surface area contributed by atoms with Crippen molar-refractivity contribution in [2.24, 2.45) is 0 Å². The third-order valence-corrected chi connectivity index (χ3v) is 2.93. The number of rotatable bonds is 2. The van der Waals surface area contributed by atoms with E-state index in [0.717, 1.165) is 12.3 Å². The third kappa shape index (κ3) is 1.87. The van der Waals surface area contributed by atoms with Crippen LogP contribution in [0.2, 0.25) is 0 Å². The largest absolute Gasteiger partial charge is 0.371 e. The molecule has 3 rings (SSSR count). The van der Waals surface area contributed by atoms with Crippen molar-refractivity contribution >= 4 is 16.7 Å². The molecule has 0 saturated heterocycles. The Kier molecular flexibility index (Phi) is 2.81. The van der Waals surface area contributed by atoms with E-state index in [1.807, 2.05) is 0 Å². The van der Waals surface area contributed by atoms with Gasteiger partial charge in [-0.15, -0.1) is 0 Å². The van der Waals surface area contributed by atoms with Crippen molar-refractivity contribution in [2.45, 2.75) is 0 Å². The Morgan fingerprint density at radius 1 is 1.15 bits per heavy atom. The molecule has 0 spiro atoms. The molecule has 0 atom stereocenters. The molecule has 0 bridgehead atoms. The smallest absolute Gasteiger partial charge is 0.183 e. The molecule has 0 radical (unpaired) electrons. The topological polar surface area (TPSA) is 53.6 Å². The van der Waals surface area contributed by atoms with Gasteiger partial charge in [-0.1, -0.05) is 0 Å². The Balaban J connectivity index is 2.24. The number of anilines is 1. The first kappa shape index (κ1) is 12.5. The van der Waals surface area contributed by atoms with Gasteiger partial charge in [0.05, 0.1) is 11.7 Å². The maximum absolute atomic E-state index is 13.6. The van der Waals surface area contributed by atoms with E-state index in [4.69, 9.17) is 0 Å². The van der Waals surface area contributed by atoms with Crippen LogP contribution in [0.1, 0.15) is 0 Å². The second-order valence-corrected chi connectivity index (χ2v) is 4.15. The number of hydrogen-bond acceptors (Lipinski definition) is 3. The average molecular weight is 278 g/mol. The van der Waals surface area contributed by atoms with Gasteiger partial charge >= 0.3 is 0 Å². The van der Waals surface area contributed by atoms with Crippen LogP contribution < -0.4 is 5.32 Å². The zero-order chi connectivity index (χ0) is 14.3. The van der Waals surface area contributed by atoms with Crippen molar-refractivity contribution in [3.63, 3.8) is 0 Å². The molecule has 2 N–H and O–H groups in total. The highest BCUT2D eigenvalue weighted by molar-refractivity contribution is 5.94. The van der Waals surface area contributed by atoms with Crippen LogP contribution >= 0.6 is 0 Å². The summed E-state index contributed by atoms with van der Waals surface area (Å²) in [6.07, 6.45) is 2.46. The molecule has 2 aromatic heterocycles. The Bertz CT molecular complexity index is 798. The predicted molar refractivity (Wildman–Crippen MR) is 68.7 cm³/mol. The van der Waals surface area contributed by atoms with Gasteiger partial charge in [0, 0.05) is 30.3 Å². The zero-order valence-corrected chi connectivity index (χ0v) is 10.3. The molecule has 0 fully saturated rings. The molecule has 20 heavy (non-hydrogen) atoms. The highest BCUT2D eigenvalue weighted by Crippen LogP contribution is 2.29. The van der Waals surface area contributed by atoms with Crippen molar-refractivity contribution in [1.82, 2.24) is 15.0 Å². The molecular formula is C13H9F3N4. The SMILES string of the molecule is CNc1nc(-c2c[nH]c3c(F)cc(F)cc23)ncc1F. The van der Waals surface area contributed by atoms with Gasteiger partial charge in [-0.3, -0.25) is 0 Å². The normalized spacial score (nSPS) is 11.0. The summed E-state index contributed by atoms with van der Waals surface area (Å²) in [6.45, 7) is 0. The van der Waals surface area contributed by atoms with Crippen LogP contribution in [0.25, 0.3) is 22.3 Å². The maximum atomic E-state index is 13.6. The van der Waals surface area contributed by atoms with E-state index in [9.17, 15) is 13.2 Å². The van der Waals surface area contributed by atoms with E-state index < -0.39 is 17.5 Å². The summed E-state index contributed by atoms with van der Waals surface area (Å²) in [4.78, 5) is 10.5. The summed E-state index contributed by atoms with van der Waals surface area (Å²) < 4.78 is 40.3. The minimum Gasteiger partial charge on any atom is -0.371 e. The van der Waals surface area contributed by atoms with Crippen LogP contribution in [0, 0.1) is 17.5 Å². The summed E-state index contributed by atoms with van der Waals surface area (Å²) in [5.74, 6) is -1.82. The number of hydrogen-bond donors (Lipinski definition) is 2. The monoisotopic (exact) mass is 278 g/mol. The Hall–Kier alpha value is -2.57. The fourth-order valence-electron chi connectivity index (χ4n) is 2.01. The lowest BCUT2D eigenvalue weighted by molar-refractivity contribution is 0.591. The Labute approximate surface area is 111 Å². The number of H-pyrrole nitrogens is 1. The maximum Gasteiger partial charge on any atom is 0.183 e. The predicted octanol–water partition coefficient (Wildman–Crippen LogP) is 3.08. The van der Waals surface area contributed by atoms with Crippen molar-refractivity contribution in [3.05, 3.63) is 42.0 Å². The van der Waals surface area contributed by atoms with Crippen LogP contribution in [0.3, 0.4) is 0 Å². The van der Waals surface area contributed by atoms with E-state index in [-0.39, 0.29) is 17.2 Å².